The molecule has 5 rings (SSSR count). The van der Waals surface area contributed by atoms with Gasteiger partial charge in [-0.05, 0) is 42.0 Å². The van der Waals surface area contributed by atoms with Crippen molar-refractivity contribution in [1.29, 1.82) is 0 Å². The third kappa shape index (κ3) is 3.37. The maximum absolute atomic E-state index is 13.1. The average molecular weight is 416 g/mol. The summed E-state index contributed by atoms with van der Waals surface area (Å²) in [6.07, 6.45) is 0. The highest BCUT2D eigenvalue weighted by atomic mass is 32.2. The highest BCUT2D eigenvalue weighted by molar-refractivity contribution is 7.99. The zero-order valence-electron chi connectivity index (χ0n) is 15.9. The molecule has 0 atom stereocenters. The second-order valence-corrected chi connectivity index (χ2v) is 7.84. The topological polar surface area (TPSA) is 52.2 Å². The Bertz CT molecular complexity index is 1340. The van der Waals surface area contributed by atoms with Crippen molar-refractivity contribution in [2.24, 2.45) is 0 Å². The number of benzene rings is 3. The van der Waals surface area contributed by atoms with Gasteiger partial charge in [0.25, 0.3) is 0 Å². The minimum absolute atomic E-state index is 0.0789. The van der Waals surface area contributed by atoms with E-state index in [4.69, 9.17) is 0 Å². The fourth-order valence-corrected chi connectivity index (χ4v) is 4.34. The first kappa shape index (κ1) is 18.6. The van der Waals surface area contributed by atoms with Crippen molar-refractivity contribution in [3.05, 3.63) is 95.8 Å². The average Bonchev–Trinajstić information content (AvgIpc) is 3.33. The van der Waals surface area contributed by atoms with Crippen molar-refractivity contribution in [2.45, 2.75) is 11.7 Å². The molecular formula is C23H17FN4OS. The summed E-state index contributed by atoms with van der Waals surface area (Å²) >= 11 is 1.33. The molecule has 0 bridgehead atoms. The van der Waals surface area contributed by atoms with Crippen LogP contribution in [-0.4, -0.2) is 30.7 Å². The Balaban J connectivity index is 1.49. The van der Waals surface area contributed by atoms with Crippen LogP contribution in [0.25, 0.3) is 16.8 Å². The van der Waals surface area contributed by atoms with E-state index in [0.29, 0.717) is 17.3 Å². The minimum Gasteiger partial charge on any atom is -0.304 e. The summed E-state index contributed by atoms with van der Waals surface area (Å²) in [5, 5.41) is 9.39. The Morgan fingerprint density at radius 1 is 0.867 bits per heavy atom. The van der Waals surface area contributed by atoms with Gasteiger partial charge in [-0.25, -0.2) is 4.39 Å². The molecule has 3 aromatic carbocycles. The molecular weight excluding hydrogens is 399 g/mol. The lowest BCUT2D eigenvalue weighted by Gasteiger charge is -2.04. The van der Waals surface area contributed by atoms with E-state index in [9.17, 15) is 9.18 Å². The van der Waals surface area contributed by atoms with Gasteiger partial charge in [0, 0.05) is 5.56 Å². The summed E-state index contributed by atoms with van der Waals surface area (Å²) in [4.78, 5) is 12.5. The molecule has 0 saturated heterocycles. The van der Waals surface area contributed by atoms with Crippen molar-refractivity contribution in [3.8, 4) is 0 Å². The molecule has 7 heteroatoms. The zero-order chi connectivity index (χ0) is 20.5. The van der Waals surface area contributed by atoms with E-state index in [0.717, 1.165) is 16.8 Å². The Hall–Kier alpha value is -3.45. The van der Waals surface area contributed by atoms with Gasteiger partial charge < -0.3 is 4.57 Å². The van der Waals surface area contributed by atoms with Crippen LogP contribution in [0.4, 0.5) is 4.39 Å². The number of para-hydroxylation sites is 2. The maximum Gasteiger partial charge on any atom is 0.237 e. The number of imidazole rings is 1. The van der Waals surface area contributed by atoms with E-state index in [2.05, 4.69) is 33.0 Å². The molecule has 0 saturated carbocycles. The van der Waals surface area contributed by atoms with Crippen LogP contribution in [0.2, 0.25) is 0 Å². The molecule has 5 nitrogen and oxygen atoms in total. The standard InChI is InChI=1S/C23H17FN4OS/c24-18-12-10-17(11-13-18)21(29)15-30-23-26-25-22-27(14-16-6-2-1-3-7-16)19-8-4-5-9-20(19)28(22)23/h1-13H,14-15H2. The molecule has 2 aromatic heterocycles. The predicted octanol–water partition coefficient (Wildman–Crippen LogP) is 4.85. The highest BCUT2D eigenvalue weighted by Crippen LogP contribution is 2.27. The van der Waals surface area contributed by atoms with Gasteiger partial charge in [0.2, 0.25) is 5.78 Å². The third-order valence-electron chi connectivity index (χ3n) is 4.95. The number of nitrogens with zero attached hydrogens (tertiary/aromatic N) is 4. The lowest BCUT2D eigenvalue weighted by molar-refractivity contribution is 0.102. The molecule has 0 aliphatic rings. The lowest BCUT2D eigenvalue weighted by atomic mass is 10.1. The molecule has 0 fully saturated rings. The molecule has 0 amide bonds. The van der Waals surface area contributed by atoms with Crippen LogP contribution < -0.4 is 0 Å². The molecule has 0 spiro atoms. The van der Waals surface area contributed by atoms with Gasteiger partial charge in [0.1, 0.15) is 5.82 Å². The number of ketones is 1. The molecule has 0 unspecified atom stereocenters. The Morgan fingerprint density at radius 3 is 2.33 bits per heavy atom. The first-order chi connectivity index (χ1) is 14.7. The van der Waals surface area contributed by atoms with Crippen molar-refractivity contribution >= 4 is 34.4 Å². The molecule has 0 N–H and O–H groups in total. The van der Waals surface area contributed by atoms with Gasteiger partial charge in [-0.3, -0.25) is 9.20 Å². The number of hydrogen-bond donors (Lipinski definition) is 0. The molecule has 0 aliphatic heterocycles. The molecule has 5 aromatic rings. The van der Waals surface area contributed by atoms with Gasteiger partial charge in [-0.1, -0.05) is 54.2 Å². The number of aromatic nitrogens is 4. The Labute approximate surface area is 176 Å². The molecule has 30 heavy (non-hydrogen) atoms. The minimum atomic E-state index is -0.357. The second kappa shape index (κ2) is 7.76. The number of hydrogen-bond acceptors (Lipinski definition) is 4. The summed E-state index contributed by atoms with van der Waals surface area (Å²) < 4.78 is 17.2. The highest BCUT2D eigenvalue weighted by Gasteiger charge is 2.18. The molecule has 148 valence electrons. The largest absolute Gasteiger partial charge is 0.304 e. The van der Waals surface area contributed by atoms with Crippen LogP contribution in [0.1, 0.15) is 15.9 Å². The van der Waals surface area contributed by atoms with Crippen LogP contribution in [0.5, 0.6) is 0 Å². The summed E-state index contributed by atoms with van der Waals surface area (Å²) in [5.41, 5.74) is 3.70. The van der Waals surface area contributed by atoms with E-state index < -0.39 is 0 Å². The van der Waals surface area contributed by atoms with Gasteiger partial charge in [0.15, 0.2) is 10.9 Å². The number of carbonyl (C=O) groups excluding carboxylic acids is 1. The lowest BCUT2D eigenvalue weighted by Crippen LogP contribution is -2.03. The fraction of sp³-hybridized carbons (Fsp3) is 0.0870. The number of carbonyl (C=O) groups is 1. The summed E-state index contributed by atoms with van der Waals surface area (Å²) in [5.74, 6) is 0.496. The van der Waals surface area contributed by atoms with Crippen molar-refractivity contribution in [1.82, 2.24) is 19.2 Å². The Kier molecular flexibility index (Phi) is 4.80. The first-order valence-corrected chi connectivity index (χ1v) is 10.5. The summed E-state index contributed by atoms with van der Waals surface area (Å²) in [6.45, 7) is 0.676. The normalized spacial score (nSPS) is 11.4. The van der Waals surface area contributed by atoms with Gasteiger partial charge in [-0.15, -0.1) is 10.2 Å². The van der Waals surface area contributed by atoms with Crippen molar-refractivity contribution < 1.29 is 9.18 Å². The SMILES string of the molecule is O=C(CSc1nnc2n(Cc3ccccc3)c3ccccc3n12)c1ccc(F)cc1. The molecule has 0 aliphatic carbocycles. The quantitative estimate of drug-likeness (QED) is 0.293. The predicted molar refractivity (Wildman–Crippen MR) is 115 cm³/mol. The van der Waals surface area contributed by atoms with Crippen LogP contribution in [0.15, 0.2) is 84.0 Å². The number of rotatable bonds is 6. The van der Waals surface area contributed by atoms with Crippen molar-refractivity contribution in [3.63, 3.8) is 0 Å². The number of thioether (sulfide) groups is 1. The van der Waals surface area contributed by atoms with E-state index in [1.165, 1.54) is 41.6 Å². The van der Waals surface area contributed by atoms with Crippen molar-refractivity contribution in [2.75, 3.05) is 5.75 Å². The Morgan fingerprint density at radius 2 is 1.57 bits per heavy atom. The van der Waals surface area contributed by atoms with E-state index in [1.54, 1.807) is 0 Å². The van der Waals surface area contributed by atoms with Crippen LogP contribution >= 0.6 is 11.8 Å². The van der Waals surface area contributed by atoms with E-state index >= 15 is 0 Å². The van der Waals surface area contributed by atoms with Crippen LogP contribution in [0, 0.1) is 5.82 Å². The van der Waals surface area contributed by atoms with Gasteiger partial charge >= 0.3 is 0 Å². The molecule has 2 heterocycles. The van der Waals surface area contributed by atoms with Crippen LogP contribution in [0.3, 0.4) is 0 Å². The second-order valence-electron chi connectivity index (χ2n) is 6.90. The number of fused-ring (bicyclic) bond motifs is 3. The summed E-state index contributed by atoms with van der Waals surface area (Å²) in [7, 11) is 0. The first-order valence-electron chi connectivity index (χ1n) is 9.48. The maximum atomic E-state index is 13.1. The summed E-state index contributed by atoms with van der Waals surface area (Å²) in [6, 6.07) is 23.9. The number of halogens is 1. The van der Waals surface area contributed by atoms with Gasteiger partial charge in [0.05, 0.1) is 23.3 Å². The molecule has 0 radical (unpaired) electrons. The zero-order valence-corrected chi connectivity index (χ0v) is 16.7. The monoisotopic (exact) mass is 416 g/mol. The van der Waals surface area contributed by atoms with E-state index in [-0.39, 0.29) is 17.4 Å². The smallest absolute Gasteiger partial charge is 0.237 e. The van der Waals surface area contributed by atoms with Crippen LogP contribution in [-0.2, 0) is 6.54 Å². The fourth-order valence-electron chi connectivity index (χ4n) is 3.50. The van der Waals surface area contributed by atoms with Gasteiger partial charge in [-0.2, -0.15) is 0 Å². The number of Topliss-reactive ketones (excluding diaryl/α,β-unsaturated/α-hetero) is 1. The third-order valence-corrected chi connectivity index (χ3v) is 5.88. The van der Waals surface area contributed by atoms with E-state index in [1.807, 2.05) is 40.8 Å².